The van der Waals surface area contributed by atoms with Gasteiger partial charge in [0.1, 0.15) is 0 Å². The van der Waals surface area contributed by atoms with Crippen LogP contribution in [0.3, 0.4) is 0 Å². The molecule has 2 heterocycles. The number of carbonyl (C=O) groups excluding carboxylic acids is 1. The lowest BCUT2D eigenvalue weighted by Gasteiger charge is -2.17. The van der Waals surface area contributed by atoms with Crippen molar-refractivity contribution < 1.29 is 30.6 Å². The zero-order valence-electron chi connectivity index (χ0n) is 10.4. The Morgan fingerprint density at radius 2 is 2.10 bits per heavy atom. The van der Waals surface area contributed by atoms with Gasteiger partial charge in [0.15, 0.2) is 5.69 Å². The third-order valence-electron chi connectivity index (χ3n) is 2.63. The summed E-state index contributed by atoms with van der Waals surface area (Å²) in [5.41, 5.74) is -2.26. The summed E-state index contributed by atoms with van der Waals surface area (Å²) >= 11 is 0. The Morgan fingerprint density at radius 1 is 1.50 bits per heavy atom. The van der Waals surface area contributed by atoms with Crippen LogP contribution in [0, 0.1) is 0 Å². The maximum absolute atomic E-state index is 12.8. The van der Waals surface area contributed by atoms with Crippen LogP contribution in [0.2, 0.25) is 0 Å². The smallest absolute Gasteiger partial charge is 0.274 e. The van der Waals surface area contributed by atoms with Crippen molar-refractivity contribution in [2.75, 3.05) is 6.61 Å². The van der Waals surface area contributed by atoms with E-state index in [9.17, 15) is 26.4 Å². The minimum absolute atomic E-state index is 0.291. The molecule has 20 heavy (non-hydrogen) atoms. The molecule has 0 spiro atoms. The first-order chi connectivity index (χ1) is 9.04. The van der Waals surface area contributed by atoms with Gasteiger partial charge in [0.2, 0.25) is 0 Å². The maximum Gasteiger partial charge on any atom is 0.435 e. The van der Waals surface area contributed by atoms with E-state index < -0.39 is 39.7 Å². The molecule has 0 radical (unpaired) electrons. The normalized spacial score (nSPS) is 22.2. The van der Waals surface area contributed by atoms with Crippen molar-refractivity contribution in [2.45, 2.75) is 19.1 Å². The van der Waals surface area contributed by atoms with Crippen molar-refractivity contribution >= 4 is 16.2 Å². The fourth-order valence-electron chi connectivity index (χ4n) is 1.80. The van der Waals surface area contributed by atoms with Crippen LogP contribution in [0.1, 0.15) is 23.0 Å². The summed E-state index contributed by atoms with van der Waals surface area (Å²) < 4.78 is 66.9. The van der Waals surface area contributed by atoms with Crippen LogP contribution in [-0.2, 0) is 27.7 Å². The van der Waals surface area contributed by atoms with E-state index in [1.54, 1.807) is 0 Å². The van der Waals surface area contributed by atoms with E-state index in [2.05, 4.69) is 9.28 Å². The van der Waals surface area contributed by atoms with Crippen molar-refractivity contribution in [1.29, 1.82) is 0 Å². The van der Waals surface area contributed by atoms with E-state index >= 15 is 0 Å². The van der Waals surface area contributed by atoms with Gasteiger partial charge in [-0.3, -0.25) is 13.7 Å². The molecule has 1 aliphatic heterocycles. The number of hydrogen-bond donors (Lipinski definition) is 0. The zero-order chi connectivity index (χ0) is 15.3. The third kappa shape index (κ3) is 2.38. The summed E-state index contributed by atoms with van der Waals surface area (Å²) in [7, 11) is -3.16. The fraction of sp³-hybridized carbons (Fsp3) is 0.556. The number of alkyl halides is 3. The molecule has 1 atom stereocenters. The lowest BCUT2D eigenvalue weighted by Crippen LogP contribution is -2.38. The van der Waals surface area contributed by atoms with Gasteiger partial charge >= 0.3 is 16.5 Å². The molecule has 1 aliphatic rings. The van der Waals surface area contributed by atoms with Gasteiger partial charge in [0.25, 0.3) is 5.91 Å². The average Bonchev–Trinajstić information content (AvgIpc) is 2.79. The second-order valence-corrected chi connectivity index (χ2v) is 5.74. The largest absolute Gasteiger partial charge is 0.435 e. The van der Waals surface area contributed by atoms with Crippen LogP contribution in [0.4, 0.5) is 13.2 Å². The molecule has 1 amide bonds. The molecule has 11 heteroatoms. The van der Waals surface area contributed by atoms with E-state index in [4.69, 9.17) is 0 Å². The molecular formula is C9H10F3N3O4S. The van der Waals surface area contributed by atoms with Gasteiger partial charge < -0.3 is 0 Å². The van der Waals surface area contributed by atoms with Crippen molar-refractivity contribution in [2.24, 2.45) is 7.05 Å². The van der Waals surface area contributed by atoms with Crippen LogP contribution in [-0.4, -0.2) is 41.1 Å². The third-order valence-corrected chi connectivity index (χ3v) is 4.07. The van der Waals surface area contributed by atoms with Gasteiger partial charge in [-0.2, -0.15) is 26.7 Å². The summed E-state index contributed by atoms with van der Waals surface area (Å²) in [6.07, 6.45) is -4.04. The Kier molecular flexibility index (Phi) is 3.29. The van der Waals surface area contributed by atoms with Gasteiger partial charge in [-0.1, -0.05) is 0 Å². The highest BCUT2D eigenvalue weighted by atomic mass is 32.2. The van der Waals surface area contributed by atoms with Gasteiger partial charge in [-0.05, 0) is 6.92 Å². The second kappa shape index (κ2) is 4.45. The topological polar surface area (TPSA) is 81.5 Å². The Labute approximate surface area is 112 Å². The lowest BCUT2D eigenvalue weighted by molar-refractivity contribution is -0.141. The van der Waals surface area contributed by atoms with Gasteiger partial charge in [0.05, 0.1) is 18.2 Å². The molecular weight excluding hydrogens is 303 g/mol. The van der Waals surface area contributed by atoms with Crippen molar-refractivity contribution in [1.82, 2.24) is 14.1 Å². The molecule has 1 saturated heterocycles. The number of amides is 1. The maximum atomic E-state index is 12.8. The zero-order valence-corrected chi connectivity index (χ0v) is 11.2. The van der Waals surface area contributed by atoms with Gasteiger partial charge in [-0.15, -0.1) is 0 Å². The predicted molar refractivity (Wildman–Crippen MR) is 58.7 cm³/mol. The summed E-state index contributed by atoms with van der Waals surface area (Å²) in [5.74, 6) is -1.31. The van der Waals surface area contributed by atoms with E-state index in [1.807, 2.05) is 0 Å². The number of halogens is 3. The number of hydrogen-bond acceptors (Lipinski definition) is 5. The number of aromatic nitrogens is 2. The fourth-order valence-corrected chi connectivity index (χ4v) is 3.09. The van der Waals surface area contributed by atoms with Crippen LogP contribution in [0.25, 0.3) is 0 Å². The van der Waals surface area contributed by atoms with Crippen LogP contribution < -0.4 is 0 Å². The highest BCUT2D eigenvalue weighted by Gasteiger charge is 2.45. The Balaban J connectivity index is 2.50. The molecule has 0 N–H and O–H groups in total. The molecule has 2 rings (SSSR count). The summed E-state index contributed by atoms with van der Waals surface area (Å²) in [4.78, 5) is 12.1. The molecule has 0 aliphatic carbocycles. The molecule has 1 unspecified atom stereocenters. The van der Waals surface area contributed by atoms with E-state index in [-0.39, 0.29) is 6.61 Å². The minimum Gasteiger partial charge on any atom is -0.274 e. The minimum atomic E-state index is -4.86. The van der Waals surface area contributed by atoms with Crippen molar-refractivity contribution in [3.63, 3.8) is 0 Å². The lowest BCUT2D eigenvalue weighted by atomic mass is 10.2. The second-order valence-electron chi connectivity index (χ2n) is 4.26. The van der Waals surface area contributed by atoms with Crippen LogP contribution in [0.15, 0.2) is 6.20 Å². The predicted octanol–water partition coefficient (Wildman–Crippen LogP) is 0.545. The quantitative estimate of drug-likeness (QED) is 0.756. The Bertz CT molecular complexity index is 652. The summed E-state index contributed by atoms with van der Waals surface area (Å²) in [5, 5.41) is 3.16. The van der Waals surface area contributed by atoms with E-state index in [0.717, 1.165) is 10.9 Å². The summed E-state index contributed by atoms with van der Waals surface area (Å²) in [6.45, 7) is 1.06. The first kappa shape index (κ1) is 14.8. The number of rotatable bonds is 1. The molecule has 7 nitrogen and oxygen atoms in total. The van der Waals surface area contributed by atoms with Gasteiger partial charge in [-0.25, -0.2) is 4.31 Å². The van der Waals surface area contributed by atoms with Crippen molar-refractivity contribution in [3.05, 3.63) is 17.5 Å². The van der Waals surface area contributed by atoms with Crippen LogP contribution >= 0.6 is 0 Å². The highest BCUT2D eigenvalue weighted by molar-refractivity contribution is 7.85. The molecule has 0 bridgehead atoms. The molecule has 1 fully saturated rings. The Morgan fingerprint density at radius 3 is 2.55 bits per heavy atom. The van der Waals surface area contributed by atoms with Crippen molar-refractivity contribution in [3.8, 4) is 0 Å². The number of aryl methyl sites for hydroxylation is 1. The average molecular weight is 313 g/mol. The molecule has 0 saturated carbocycles. The molecule has 112 valence electrons. The SMILES string of the molecule is CC1COS(=O)(=O)N1C(=O)c1cn(C)nc1C(F)(F)F. The van der Waals surface area contributed by atoms with Crippen LogP contribution in [0.5, 0.6) is 0 Å². The number of nitrogens with zero attached hydrogens (tertiary/aromatic N) is 3. The molecule has 1 aromatic rings. The first-order valence-corrected chi connectivity index (χ1v) is 6.74. The summed E-state index contributed by atoms with van der Waals surface area (Å²) in [6, 6.07) is -0.881. The molecule has 1 aromatic heterocycles. The van der Waals surface area contributed by atoms with E-state index in [1.165, 1.54) is 14.0 Å². The van der Waals surface area contributed by atoms with E-state index in [0.29, 0.717) is 4.31 Å². The van der Waals surface area contributed by atoms with Gasteiger partial charge in [0, 0.05) is 13.2 Å². The Hall–Kier alpha value is -1.62. The molecule has 0 aromatic carbocycles. The first-order valence-electron chi connectivity index (χ1n) is 5.38. The monoisotopic (exact) mass is 313 g/mol. The highest BCUT2D eigenvalue weighted by Crippen LogP contribution is 2.32. The standard InChI is InChI=1S/C9H10F3N3O4S/c1-5-4-19-20(17,18)15(5)8(16)6-3-14(2)13-7(6)9(10,11)12/h3,5H,4H2,1-2H3. The number of carbonyl (C=O) groups is 1.